The standard InChI is InChI=1S/C15H22F2N2/c1-10(2)12-5-6-19(8-12)9-15(18)11-3-4-13(16)14(17)7-11/h3-4,7,10,12,15H,5-6,8-9,18H2,1-2H3. The highest BCUT2D eigenvalue weighted by atomic mass is 19.2. The molecule has 1 fully saturated rings. The van der Waals surface area contributed by atoms with E-state index < -0.39 is 11.6 Å². The molecule has 0 aromatic heterocycles. The molecule has 0 aliphatic carbocycles. The van der Waals surface area contributed by atoms with Gasteiger partial charge in [-0.25, -0.2) is 8.78 Å². The lowest BCUT2D eigenvalue weighted by molar-refractivity contribution is 0.287. The van der Waals surface area contributed by atoms with Crippen LogP contribution in [-0.2, 0) is 0 Å². The van der Waals surface area contributed by atoms with Gasteiger partial charge in [-0.15, -0.1) is 0 Å². The molecule has 1 aliphatic rings. The Kier molecular flexibility index (Phi) is 4.53. The van der Waals surface area contributed by atoms with Crippen molar-refractivity contribution >= 4 is 0 Å². The van der Waals surface area contributed by atoms with Crippen LogP contribution in [-0.4, -0.2) is 24.5 Å². The Morgan fingerprint density at radius 3 is 2.63 bits per heavy atom. The van der Waals surface area contributed by atoms with Crippen molar-refractivity contribution in [2.45, 2.75) is 26.3 Å². The number of nitrogens with two attached hydrogens (primary N) is 1. The Labute approximate surface area is 113 Å². The van der Waals surface area contributed by atoms with Gasteiger partial charge in [0.25, 0.3) is 0 Å². The van der Waals surface area contributed by atoms with Crippen LogP contribution in [0.2, 0.25) is 0 Å². The van der Waals surface area contributed by atoms with Crippen molar-refractivity contribution in [2.24, 2.45) is 17.6 Å². The monoisotopic (exact) mass is 268 g/mol. The predicted molar refractivity (Wildman–Crippen MR) is 72.7 cm³/mol. The van der Waals surface area contributed by atoms with Gasteiger partial charge in [-0.1, -0.05) is 19.9 Å². The molecule has 2 atom stereocenters. The van der Waals surface area contributed by atoms with Gasteiger partial charge in [0.2, 0.25) is 0 Å². The maximum absolute atomic E-state index is 13.2. The molecule has 2 rings (SSSR count). The Balaban J connectivity index is 1.94. The molecule has 4 heteroatoms. The summed E-state index contributed by atoms with van der Waals surface area (Å²) in [6, 6.07) is 3.65. The molecule has 2 nitrogen and oxygen atoms in total. The van der Waals surface area contributed by atoms with Crippen LogP contribution in [0.3, 0.4) is 0 Å². The number of benzene rings is 1. The molecule has 1 heterocycles. The van der Waals surface area contributed by atoms with Crippen LogP contribution in [0.25, 0.3) is 0 Å². The van der Waals surface area contributed by atoms with E-state index in [-0.39, 0.29) is 6.04 Å². The first-order valence-electron chi connectivity index (χ1n) is 6.90. The third-order valence-corrected chi connectivity index (χ3v) is 4.08. The van der Waals surface area contributed by atoms with E-state index in [1.165, 1.54) is 12.5 Å². The lowest BCUT2D eigenvalue weighted by Gasteiger charge is -2.22. The molecule has 0 radical (unpaired) electrons. The first kappa shape index (κ1) is 14.4. The minimum atomic E-state index is -0.825. The largest absolute Gasteiger partial charge is 0.323 e. The van der Waals surface area contributed by atoms with Crippen molar-refractivity contribution in [1.29, 1.82) is 0 Å². The van der Waals surface area contributed by atoms with E-state index in [1.54, 1.807) is 6.07 Å². The molecular weight excluding hydrogens is 246 g/mol. The van der Waals surface area contributed by atoms with Crippen LogP contribution in [0.5, 0.6) is 0 Å². The zero-order valence-corrected chi connectivity index (χ0v) is 11.6. The molecule has 0 amide bonds. The predicted octanol–water partition coefficient (Wildman–Crippen LogP) is 2.94. The fourth-order valence-corrected chi connectivity index (χ4v) is 2.70. The van der Waals surface area contributed by atoms with Crippen molar-refractivity contribution in [2.75, 3.05) is 19.6 Å². The minimum Gasteiger partial charge on any atom is -0.323 e. The molecule has 0 spiro atoms. The number of likely N-dealkylation sites (tertiary alicyclic amines) is 1. The summed E-state index contributed by atoms with van der Waals surface area (Å²) in [7, 11) is 0. The molecule has 1 aliphatic heterocycles. The summed E-state index contributed by atoms with van der Waals surface area (Å²) < 4.78 is 26.1. The van der Waals surface area contributed by atoms with Crippen LogP contribution in [0.15, 0.2) is 18.2 Å². The first-order chi connectivity index (χ1) is 8.97. The van der Waals surface area contributed by atoms with E-state index in [0.717, 1.165) is 25.1 Å². The van der Waals surface area contributed by atoms with Gasteiger partial charge < -0.3 is 10.6 Å². The van der Waals surface area contributed by atoms with E-state index in [2.05, 4.69) is 18.7 Å². The second-order valence-electron chi connectivity index (χ2n) is 5.83. The van der Waals surface area contributed by atoms with Gasteiger partial charge in [-0.05, 0) is 42.5 Å². The summed E-state index contributed by atoms with van der Waals surface area (Å²) in [5.41, 5.74) is 6.74. The highest BCUT2D eigenvalue weighted by Gasteiger charge is 2.26. The molecule has 106 valence electrons. The summed E-state index contributed by atoms with van der Waals surface area (Å²) in [6.45, 7) is 7.27. The van der Waals surface area contributed by atoms with Crippen molar-refractivity contribution in [3.63, 3.8) is 0 Å². The summed E-state index contributed by atoms with van der Waals surface area (Å²) >= 11 is 0. The highest BCUT2D eigenvalue weighted by Crippen LogP contribution is 2.25. The normalized spacial score (nSPS) is 22.1. The summed E-state index contributed by atoms with van der Waals surface area (Å²) in [6.07, 6.45) is 1.20. The Hall–Kier alpha value is -1.00. The minimum absolute atomic E-state index is 0.263. The van der Waals surface area contributed by atoms with Crippen LogP contribution in [0, 0.1) is 23.5 Å². The topological polar surface area (TPSA) is 29.3 Å². The van der Waals surface area contributed by atoms with Gasteiger partial charge in [0.05, 0.1) is 0 Å². The fraction of sp³-hybridized carbons (Fsp3) is 0.600. The number of hydrogen-bond acceptors (Lipinski definition) is 2. The third kappa shape index (κ3) is 3.51. The maximum Gasteiger partial charge on any atom is 0.159 e. The highest BCUT2D eigenvalue weighted by molar-refractivity contribution is 5.21. The van der Waals surface area contributed by atoms with Gasteiger partial charge in [0.15, 0.2) is 11.6 Å². The molecule has 1 aromatic rings. The second-order valence-corrected chi connectivity index (χ2v) is 5.83. The van der Waals surface area contributed by atoms with E-state index in [4.69, 9.17) is 5.73 Å². The first-order valence-corrected chi connectivity index (χ1v) is 6.90. The van der Waals surface area contributed by atoms with E-state index in [9.17, 15) is 8.78 Å². The Morgan fingerprint density at radius 2 is 2.05 bits per heavy atom. The van der Waals surface area contributed by atoms with Crippen molar-refractivity contribution in [1.82, 2.24) is 4.90 Å². The summed E-state index contributed by atoms with van der Waals surface area (Å²) in [4.78, 5) is 2.32. The molecule has 2 N–H and O–H groups in total. The zero-order valence-electron chi connectivity index (χ0n) is 11.6. The molecule has 1 aromatic carbocycles. The molecule has 0 bridgehead atoms. The van der Waals surface area contributed by atoms with Crippen LogP contribution < -0.4 is 5.73 Å². The van der Waals surface area contributed by atoms with Gasteiger partial charge in [0.1, 0.15) is 0 Å². The van der Waals surface area contributed by atoms with E-state index in [1.807, 2.05) is 0 Å². The van der Waals surface area contributed by atoms with Gasteiger partial charge in [-0.3, -0.25) is 0 Å². The number of rotatable bonds is 4. The van der Waals surface area contributed by atoms with E-state index >= 15 is 0 Å². The van der Waals surface area contributed by atoms with Gasteiger partial charge in [0, 0.05) is 19.1 Å². The van der Waals surface area contributed by atoms with Crippen molar-refractivity contribution < 1.29 is 8.78 Å². The molecular formula is C15H22F2N2. The number of nitrogens with zero attached hydrogens (tertiary/aromatic N) is 1. The molecule has 19 heavy (non-hydrogen) atoms. The van der Waals surface area contributed by atoms with Gasteiger partial charge in [-0.2, -0.15) is 0 Å². The summed E-state index contributed by atoms with van der Waals surface area (Å²) in [5, 5.41) is 0. The average molecular weight is 268 g/mol. The summed E-state index contributed by atoms with van der Waals surface area (Å²) in [5.74, 6) is -0.243. The van der Waals surface area contributed by atoms with E-state index in [0.29, 0.717) is 18.0 Å². The molecule has 1 saturated heterocycles. The molecule has 2 unspecified atom stereocenters. The quantitative estimate of drug-likeness (QED) is 0.909. The Bertz CT molecular complexity index is 434. The average Bonchev–Trinajstić information content (AvgIpc) is 2.81. The van der Waals surface area contributed by atoms with Crippen LogP contribution in [0.4, 0.5) is 8.78 Å². The Morgan fingerprint density at radius 1 is 1.32 bits per heavy atom. The van der Waals surface area contributed by atoms with Crippen molar-refractivity contribution in [3.05, 3.63) is 35.4 Å². The maximum atomic E-state index is 13.2. The molecule has 0 saturated carbocycles. The van der Waals surface area contributed by atoms with Crippen LogP contribution in [0.1, 0.15) is 31.9 Å². The lowest BCUT2D eigenvalue weighted by atomic mass is 9.95. The van der Waals surface area contributed by atoms with Crippen LogP contribution >= 0.6 is 0 Å². The van der Waals surface area contributed by atoms with Gasteiger partial charge >= 0.3 is 0 Å². The second kappa shape index (κ2) is 5.97. The third-order valence-electron chi connectivity index (χ3n) is 4.08. The lowest BCUT2D eigenvalue weighted by Crippen LogP contribution is -2.31. The van der Waals surface area contributed by atoms with Crippen molar-refractivity contribution in [3.8, 4) is 0 Å². The number of halogens is 2. The number of hydrogen-bond donors (Lipinski definition) is 1. The zero-order chi connectivity index (χ0) is 14.0. The SMILES string of the molecule is CC(C)C1CCN(CC(N)c2ccc(F)c(F)c2)C1. The smallest absolute Gasteiger partial charge is 0.159 e. The fourth-order valence-electron chi connectivity index (χ4n) is 2.70.